The summed E-state index contributed by atoms with van der Waals surface area (Å²) in [6.45, 7) is -0.458. The van der Waals surface area contributed by atoms with Gasteiger partial charge in [-0.05, 0) is 0 Å². The van der Waals surface area contributed by atoms with E-state index >= 15 is 0 Å². The van der Waals surface area contributed by atoms with Crippen LogP contribution in [0.5, 0.6) is 0 Å². The Bertz CT molecular complexity index is 62.0. The van der Waals surface area contributed by atoms with Gasteiger partial charge in [-0.3, -0.25) is 0 Å². The molecule has 0 spiro atoms. The molecule has 0 aromatic rings. The molecule has 0 rings (SSSR count). The Balaban J connectivity index is -0.000000245. The molecule has 0 fully saturated rings. The normalized spacial score (nSPS) is 9.60. The lowest BCUT2D eigenvalue weighted by Crippen LogP contribution is -2.53. The first-order chi connectivity index (χ1) is 3.68. The molecule has 0 aromatic carbocycles. The number of hydrogen-bond donors (Lipinski definition) is 4. The average Bonchev–Trinajstić information content (AvgIpc) is 1.87. The van der Waals surface area contributed by atoms with Crippen LogP contribution < -0.4 is 11.5 Å². The fourth-order valence-corrected chi connectivity index (χ4v) is 0.179. The molecule has 0 saturated heterocycles. The molecule has 0 aliphatic rings. The standard InChI is InChI=1S/C4H12N2O2.2ClH/c5-1-4(6,2-7)3-8;;/h7-8H,1-3,5-6H2;2*1H. The van der Waals surface area contributed by atoms with Gasteiger partial charge < -0.3 is 21.7 Å². The van der Waals surface area contributed by atoms with Gasteiger partial charge in [-0.25, -0.2) is 0 Å². The van der Waals surface area contributed by atoms with Crippen LogP contribution in [0.2, 0.25) is 0 Å². The number of aliphatic hydroxyl groups excluding tert-OH is 2. The fourth-order valence-electron chi connectivity index (χ4n) is 0.179. The van der Waals surface area contributed by atoms with Crippen molar-refractivity contribution in [2.75, 3.05) is 19.8 Å². The predicted molar refractivity (Wildman–Crippen MR) is 44.6 cm³/mol. The maximum absolute atomic E-state index is 8.42. The second-order valence-electron chi connectivity index (χ2n) is 1.88. The SMILES string of the molecule is Cl.Cl.NCC(N)(CO)CO. The largest absolute Gasteiger partial charge is 0.394 e. The van der Waals surface area contributed by atoms with E-state index in [2.05, 4.69) is 0 Å². The van der Waals surface area contributed by atoms with E-state index < -0.39 is 5.54 Å². The molecule has 6 N–H and O–H groups in total. The first-order valence-corrected chi connectivity index (χ1v) is 2.39. The van der Waals surface area contributed by atoms with Crippen molar-refractivity contribution in [1.29, 1.82) is 0 Å². The van der Waals surface area contributed by atoms with Gasteiger partial charge in [-0.1, -0.05) is 0 Å². The molecule has 6 heteroatoms. The van der Waals surface area contributed by atoms with Crippen LogP contribution in [-0.4, -0.2) is 35.5 Å². The zero-order chi connectivity index (χ0) is 6.62. The molecule has 0 unspecified atom stereocenters. The van der Waals surface area contributed by atoms with E-state index in [-0.39, 0.29) is 44.6 Å². The highest BCUT2D eigenvalue weighted by Crippen LogP contribution is 1.91. The third kappa shape index (κ3) is 5.22. The van der Waals surface area contributed by atoms with Crippen molar-refractivity contribution < 1.29 is 10.2 Å². The lowest BCUT2D eigenvalue weighted by molar-refractivity contribution is 0.127. The van der Waals surface area contributed by atoms with Gasteiger partial charge in [0.2, 0.25) is 0 Å². The predicted octanol–water partition coefficient (Wildman–Crippen LogP) is -1.53. The van der Waals surface area contributed by atoms with Gasteiger partial charge in [0.25, 0.3) is 0 Å². The molecule has 10 heavy (non-hydrogen) atoms. The molecule has 0 amide bonds. The Labute approximate surface area is 72.4 Å². The van der Waals surface area contributed by atoms with Crippen molar-refractivity contribution in [1.82, 2.24) is 0 Å². The molecule has 0 atom stereocenters. The summed E-state index contributed by atoms with van der Waals surface area (Å²) in [4.78, 5) is 0. The van der Waals surface area contributed by atoms with Gasteiger partial charge >= 0.3 is 0 Å². The average molecular weight is 193 g/mol. The minimum atomic E-state index is -0.986. The second-order valence-corrected chi connectivity index (χ2v) is 1.88. The van der Waals surface area contributed by atoms with Gasteiger partial charge in [-0.15, -0.1) is 24.8 Å². The van der Waals surface area contributed by atoms with Gasteiger partial charge in [0.05, 0.1) is 18.8 Å². The molecule has 0 aliphatic carbocycles. The highest BCUT2D eigenvalue weighted by atomic mass is 35.5. The monoisotopic (exact) mass is 192 g/mol. The maximum Gasteiger partial charge on any atom is 0.0746 e. The molecular formula is C4H14Cl2N2O2. The van der Waals surface area contributed by atoms with E-state index in [1.807, 2.05) is 0 Å². The zero-order valence-corrected chi connectivity index (χ0v) is 7.12. The summed E-state index contributed by atoms with van der Waals surface area (Å²) in [5.41, 5.74) is 9.37. The van der Waals surface area contributed by atoms with Gasteiger partial charge in [0, 0.05) is 6.54 Å². The van der Waals surface area contributed by atoms with E-state index in [4.69, 9.17) is 21.7 Å². The lowest BCUT2D eigenvalue weighted by atomic mass is 10.1. The summed E-state index contributed by atoms with van der Waals surface area (Å²) < 4.78 is 0. The van der Waals surface area contributed by atoms with Crippen LogP contribution in [0.3, 0.4) is 0 Å². The molecule has 0 aromatic heterocycles. The first kappa shape index (κ1) is 16.8. The van der Waals surface area contributed by atoms with Crippen molar-refractivity contribution in [2.45, 2.75) is 5.54 Å². The molecule has 0 saturated carbocycles. The third-order valence-electron chi connectivity index (χ3n) is 1.04. The highest BCUT2D eigenvalue weighted by Gasteiger charge is 2.19. The molecule has 4 nitrogen and oxygen atoms in total. The minimum Gasteiger partial charge on any atom is -0.394 e. The highest BCUT2D eigenvalue weighted by molar-refractivity contribution is 5.85. The molecule has 0 heterocycles. The summed E-state index contributed by atoms with van der Waals surface area (Å²) in [6.07, 6.45) is 0. The van der Waals surface area contributed by atoms with Gasteiger partial charge in [0.1, 0.15) is 0 Å². The Kier molecular flexibility index (Phi) is 12.6. The van der Waals surface area contributed by atoms with E-state index in [0.717, 1.165) is 0 Å². The summed E-state index contributed by atoms with van der Waals surface area (Å²) >= 11 is 0. The zero-order valence-electron chi connectivity index (χ0n) is 5.49. The number of nitrogens with two attached hydrogens (primary N) is 2. The summed E-state index contributed by atoms with van der Waals surface area (Å²) in [7, 11) is 0. The van der Waals surface area contributed by atoms with Crippen LogP contribution in [0.15, 0.2) is 0 Å². The van der Waals surface area contributed by atoms with Crippen molar-refractivity contribution in [3.63, 3.8) is 0 Å². The third-order valence-corrected chi connectivity index (χ3v) is 1.04. The smallest absolute Gasteiger partial charge is 0.0746 e. The van der Waals surface area contributed by atoms with Gasteiger partial charge in [0.15, 0.2) is 0 Å². The van der Waals surface area contributed by atoms with Crippen LogP contribution in [0.25, 0.3) is 0 Å². The molecule has 66 valence electrons. The van der Waals surface area contributed by atoms with Crippen LogP contribution in [0.4, 0.5) is 0 Å². The van der Waals surface area contributed by atoms with Crippen molar-refractivity contribution >= 4 is 24.8 Å². The Morgan fingerprint density at radius 1 is 1.10 bits per heavy atom. The van der Waals surface area contributed by atoms with Crippen molar-refractivity contribution in [2.24, 2.45) is 11.5 Å². The molecule has 0 radical (unpaired) electrons. The second kappa shape index (κ2) is 7.53. The molecular weight excluding hydrogens is 179 g/mol. The number of hydrogen-bond acceptors (Lipinski definition) is 4. The Morgan fingerprint density at radius 2 is 1.40 bits per heavy atom. The number of aliphatic hydroxyl groups is 2. The van der Waals surface area contributed by atoms with E-state index in [1.165, 1.54) is 0 Å². The summed E-state index contributed by atoms with van der Waals surface area (Å²) in [5, 5.41) is 16.8. The summed E-state index contributed by atoms with van der Waals surface area (Å²) in [6, 6.07) is 0. The van der Waals surface area contributed by atoms with E-state index in [1.54, 1.807) is 0 Å². The minimum absolute atomic E-state index is 0. The summed E-state index contributed by atoms with van der Waals surface area (Å²) in [5.74, 6) is 0. The fraction of sp³-hybridized carbons (Fsp3) is 1.00. The van der Waals surface area contributed by atoms with Crippen LogP contribution in [0.1, 0.15) is 0 Å². The quantitative estimate of drug-likeness (QED) is 0.437. The van der Waals surface area contributed by atoms with E-state index in [9.17, 15) is 0 Å². The number of halogens is 2. The van der Waals surface area contributed by atoms with Crippen LogP contribution >= 0.6 is 24.8 Å². The van der Waals surface area contributed by atoms with E-state index in [0.29, 0.717) is 0 Å². The Hall–Kier alpha value is 0.420. The topological polar surface area (TPSA) is 92.5 Å². The maximum atomic E-state index is 8.42. The lowest BCUT2D eigenvalue weighted by Gasteiger charge is -2.21. The van der Waals surface area contributed by atoms with Crippen LogP contribution in [0, 0.1) is 0 Å². The molecule has 0 aliphatic heterocycles. The Morgan fingerprint density at radius 3 is 1.40 bits per heavy atom. The van der Waals surface area contributed by atoms with Crippen LogP contribution in [-0.2, 0) is 0 Å². The first-order valence-electron chi connectivity index (χ1n) is 2.39. The van der Waals surface area contributed by atoms with Gasteiger partial charge in [-0.2, -0.15) is 0 Å². The molecule has 0 bridgehead atoms. The van der Waals surface area contributed by atoms with Crippen molar-refractivity contribution in [3.8, 4) is 0 Å². The number of rotatable bonds is 3. The van der Waals surface area contributed by atoms with Crippen molar-refractivity contribution in [3.05, 3.63) is 0 Å².